The second-order valence-electron chi connectivity index (χ2n) is 6.03. The molecule has 0 fully saturated rings. The third-order valence-corrected chi connectivity index (χ3v) is 4.53. The Labute approximate surface area is 138 Å². The molecule has 0 aliphatic rings. The highest BCUT2D eigenvalue weighted by Gasteiger charge is 2.16. The van der Waals surface area contributed by atoms with E-state index in [1.807, 2.05) is 36.7 Å². The molecular formula is C17H18N6O. The van der Waals surface area contributed by atoms with Gasteiger partial charge in [0.1, 0.15) is 5.69 Å². The summed E-state index contributed by atoms with van der Waals surface area (Å²) in [4.78, 5) is 24.1. The molecule has 0 spiro atoms. The second kappa shape index (κ2) is 4.95. The maximum absolute atomic E-state index is 12.2. The molecule has 4 aromatic rings. The molecule has 0 amide bonds. The van der Waals surface area contributed by atoms with E-state index in [0.717, 1.165) is 39.5 Å². The molecule has 0 saturated carbocycles. The van der Waals surface area contributed by atoms with Gasteiger partial charge in [-0.2, -0.15) is 0 Å². The molecule has 0 saturated heterocycles. The first-order valence-electron chi connectivity index (χ1n) is 7.69. The van der Waals surface area contributed by atoms with Gasteiger partial charge in [-0.15, -0.1) is 0 Å². The molecule has 0 bridgehead atoms. The summed E-state index contributed by atoms with van der Waals surface area (Å²) in [5.41, 5.74) is 5.61. The number of benzene rings is 1. The van der Waals surface area contributed by atoms with Crippen LogP contribution in [0.3, 0.4) is 0 Å². The van der Waals surface area contributed by atoms with Crippen molar-refractivity contribution in [1.29, 1.82) is 0 Å². The molecule has 7 nitrogen and oxygen atoms in total. The Kier molecular flexibility index (Phi) is 2.99. The van der Waals surface area contributed by atoms with Crippen molar-refractivity contribution >= 4 is 11.0 Å². The third-order valence-electron chi connectivity index (χ3n) is 4.53. The molecule has 7 heteroatoms. The summed E-state index contributed by atoms with van der Waals surface area (Å²) >= 11 is 0. The molecule has 24 heavy (non-hydrogen) atoms. The van der Waals surface area contributed by atoms with Crippen molar-refractivity contribution in [2.24, 2.45) is 14.1 Å². The zero-order chi connectivity index (χ0) is 17.0. The zero-order valence-electron chi connectivity index (χ0n) is 14.0. The number of rotatable bonds is 2. The monoisotopic (exact) mass is 322 g/mol. The first kappa shape index (κ1) is 14.5. The van der Waals surface area contributed by atoms with E-state index in [9.17, 15) is 4.79 Å². The summed E-state index contributed by atoms with van der Waals surface area (Å²) < 4.78 is 5.34. The minimum Gasteiger partial charge on any atom is -0.348 e. The smallest absolute Gasteiger partial charge is 0.328 e. The summed E-state index contributed by atoms with van der Waals surface area (Å²) in [6, 6.07) is 4.06. The van der Waals surface area contributed by atoms with Gasteiger partial charge in [-0.3, -0.25) is 13.7 Å². The van der Waals surface area contributed by atoms with Crippen molar-refractivity contribution in [3.63, 3.8) is 0 Å². The fraction of sp³-hybridized carbons (Fsp3) is 0.235. The Bertz CT molecular complexity index is 1120. The number of imidazole rings is 3. The highest BCUT2D eigenvalue weighted by atomic mass is 16.1. The molecule has 122 valence electrons. The van der Waals surface area contributed by atoms with Gasteiger partial charge in [0.25, 0.3) is 0 Å². The van der Waals surface area contributed by atoms with Crippen molar-refractivity contribution in [3.05, 3.63) is 52.6 Å². The van der Waals surface area contributed by atoms with Crippen LogP contribution in [0, 0.1) is 13.8 Å². The van der Waals surface area contributed by atoms with Crippen LogP contribution in [0.4, 0.5) is 0 Å². The molecular weight excluding hydrogens is 304 g/mol. The molecule has 4 rings (SSSR count). The quantitative estimate of drug-likeness (QED) is 0.614. The topological polar surface area (TPSA) is 73.4 Å². The molecule has 0 aliphatic carbocycles. The van der Waals surface area contributed by atoms with E-state index in [2.05, 4.69) is 15.0 Å². The maximum Gasteiger partial charge on any atom is 0.328 e. The number of H-pyrrole nitrogens is 1. The predicted octanol–water partition coefficient (Wildman–Crippen LogP) is 2.07. The van der Waals surface area contributed by atoms with E-state index < -0.39 is 0 Å². The number of aromatic nitrogens is 6. The SMILES string of the molecule is Cc1cc2c(cc1-n1ccnc1-c1nc[nH]c1C)n(C)c(=O)n2C. The van der Waals surface area contributed by atoms with Crippen molar-refractivity contribution in [3.8, 4) is 17.2 Å². The van der Waals surface area contributed by atoms with E-state index in [1.54, 1.807) is 35.8 Å². The van der Waals surface area contributed by atoms with E-state index in [4.69, 9.17) is 0 Å². The van der Waals surface area contributed by atoms with Gasteiger partial charge in [0.2, 0.25) is 0 Å². The zero-order valence-corrected chi connectivity index (χ0v) is 14.0. The van der Waals surface area contributed by atoms with E-state index in [-0.39, 0.29) is 5.69 Å². The van der Waals surface area contributed by atoms with Crippen molar-refractivity contribution in [2.75, 3.05) is 0 Å². The fourth-order valence-electron chi connectivity index (χ4n) is 3.16. The van der Waals surface area contributed by atoms with Gasteiger partial charge in [-0.05, 0) is 31.5 Å². The average molecular weight is 322 g/mol. The number of hydrogen-bond donors (Lipinski definition) is 1. The number of aryl methyl sites for hydroxylation is 4. The number of fused-ring (bicyclic) bond motifs is 1. The van der Waals surface area contributed by atoms with Crippen LogP contribution in [0.1, 0.15) is 11.3 Å². The number of nitrogens with zero attached hydrogens (tertiary/aromatic N) is 5. The van der Waals surface area contributed by atoms with Gasteiger partial charge in [-0.25, -0.2) is 14.8 Å². The standard InChI is InChI=1S/C17H18N6O/c1-10-7-13-14(22(4)17(24)21(13)3)8-12(10)23-6-5-18-16(23)15-11(2)19-9-20-15/h5-9H,1-4H3,(H,19,20). The lowest BCUT2D eigenvalue weighted by molar-refractivity contribution is 0.795. The Hall–Kier alpha value is -3.09. The van der Waals surface area contributed by atoms with Gasteiger partial charge >= 0.3 is 5.69 Å². The maximum atomic E-state index is 12.2. The number of aromatic amines is 1. The summed E-state index contributed by atoms with van der Waals surface area (Å²) in [5.74, 6) is 0.775. The largest absolute Gasteiger partial charge is 0.348 e. The van der Waals surface area contributed by atoms with Crippen LogP contribution in [0.15, 0.2) is 35.6 Å². The Morgan fingerprint density at radius 3 is 2.42 bits per heavy atom. The molecule has 3 aromatic heterocycles. The lowest BCUT2D eigenvalue weighted by atomic mass is 10.1. The van der Waals surface area contributed by atoms with Crippen LogP contribution in [-0.2, 0) is 14.1 Å². The van der Waals surface area contributed by atoms with E-state index in [1.165, 1.54) is 0 Å². The van der Waals surface area contributed by atoms with Gasteiger partial charge in [0, 0.05) is 32.2 Å². The van der Waals surface area contributed by atoms with Crippen LogP contribution in [0.2, 0.25) is 0 Å². The highest BCUT2D eigenvalue weighted by molar-refractivity contribution is 5.80. The second-order valence-corrected chi connectivity index (χ2v) is 6.03. The van der Waals surface area contributed by atoms with Crippen molar-refractivity contribution < 1.29 is 0 Å². The number of nitrogens with one attached hydrogen (secondary N) is 1. The minimum atomic E-state index is -0.0319. The van der Waals surface area contributed by atoms with Gasteiger partial charge in [0.15, 0.2) is 5.82 Å². The first-order chi connectivity index (χ1) is 11.5. The molecule has 0 radical (unpaired) electrons. The average Bonchev–Trinajstić information content (AvgIpc) is 3.24. The highest BCUT2D eigenvalue weighted by Crippen LogP contribution is 2.26. The Morgan fingerprint density at radius 2 is 1.75 bits per heavy atom. The molecule has 0 unspecified atom stereocenters. The fourth-order valence-corrected chi connectivity index (χ4v) is 3.16. The van der Waals surface area contributed by atoms with Gasteiger partial charge in [0.05, 0.1) is 23.0 Å². The van der Waals surface area contributed by atoms with Gasteiger partial charge < -0.3 is 4.98 Å². The molecule has 0 aliphatic heterocycles. The van der Waals surface area contributed by atoms with Crippen molar-refractivity contribution in [2.45, 2.75) is 13.8 Å². The minimum absolute atomic E-state index is 0.0319. The van der Waals surface area contributed by atoms with Crippen LogP contribution in [0.5, 0.6) is 0 Å². The predicted molar refractivity (Wildman–Crippen MR) is 92.3 cm³/mol. The van der Waals surface area contributed by atoms with E-state index in [0.29, 0.717) is 0 Å². The van der Waals surface area contributed by atoms with E-state index >= 15 is 0 Å². The van der Waals surface area contributed by atoms with Gasteiger partial charge in [-0.1, -0.05) is 0 Å². The lowest BCUT2D eigenvalue weighted by Crippen LogP contribution is -2.19. The Balaban J connectivity index is 2.01. The molecule has 0 atom stereocenters. The summed E-state index contributed by atoms with van der Waals surface area (Å²) in [5, 5.41) is 0. The van der Waals surface area contributed by atoms with Crippen LogP contribution >= 0.6 is 0 Å². The summed E-state index contributed by atoms with van der Waals surface area (Å²) in [7, 11) is 3.58. The van der Waals surface area contributed by atoms with Crippen LogP contribution < -0.4 is 5.69 Å². The summed E-state index contributed by atoms with van der Waals surface area (Å²) in [6.45, 7) is 4.01. The first-order valence-corrected chi connectivity index (χ1v) is 7.69. The third kappa shape index (κ3) is 1.87. The molecule has 1 N–H and O–H groups in total. The summed E-state index contributed by atoms with van der Waals surface area (Å²) in [6.07, 6.45) is 5.34. The van der Waals surface area contributed by atoms with Crippen molar-refractivity contribution in [1.82, 2.24) is 28.7 Å². The Morgan fingerprint density at radius 1 is 1.04 bits per heavy atom. The molecule has 3 heterocycles. The molecule has 1 aromatic carbocycles. The number of hydrogen-bond acceptors (Lipinski definition) is 3. The lowest BCUT2D eigenvalue weighted by Gasteiger charge is -2.11. The normalized spacial score (nSPS) is 11.5. The van der Waals surface area contributed by atoms with Crippen LogP contribution in [-0.4, -0.2) is 28.7 Å². The van der Waals surface area contributed by atoms with Crippen LogP contribution in [0.25, 0.3) is 28.2 Å².